The van der Waals surface area contributed by atoms with Crippen molar-refractivity contribution in [2.24, 2.45) is 0 Å². The Hall–Kier alpha value is -2.80. The number of amides is 1. The summed E-state index contributed by atoms with van der Waals surface area (Å²) in [7, 11) is 0. The zero-order chi connectivity index (χ0) is 15.9. The van der Waals surface area contributed by atoms with Crippen LogP contribution in [0.25, 0.3) is 0 Å². The van der Waals surface area contributed by atoms with Gasteiger partial charge in [-0.25, -0.2) is 0 Å². The Morgan fingerprint density at radius 3 is 2.55 bits per heavy atom. The molecule has 22 heavy (non-hydrogen) atoms. The van der Waals surface area contributed by atoms with Crippen LogP contribution < -0.4 is 10.1 Å². The maximum absolute atomic E-state index is 12.2. The van der Waals surface area contributed by atoms with E-state index in [2.05, 4.69) is 12.2 Å². The third kappa shape index (κ3) is 3.86. The zero-order valence-corrected chi connectivity index (χ0v) is 12.7. The van der Waals surface area contributed by atoms with E-state index in [1.807, 2.05) is 30.3 Å². The van der Waals surface area contributed by atoms with Gasteiger partial charge in [-0.2, -0.15) is 5.26 Å². The molecule has 1 amide bonds. The van der Waals surface area contributed by atoms with E-state index < -0.39 is 6.10 Å². The minimum absolute atomic E-state index is 0.253. The molecule has 0 saturated heterocycles. The van der Waals surface area contributed by atoms with Gasteiger partial charge in [0.2, 0.25) is 0 Å². The van der Waals surface area contributed by atoms with Crippen molar-refractivity contribution in [1.29, 1.82) is 5.26 Å². The molecule has 0 spiro atoms. The van der Waals surface area contributed by atoms with Crippen LogP contribution in [0.5, 0.6) is 5.75 Å². The topological polar surface area (TPSA) is 62.1 Å². The summed E-state index contributed by atoms with van der Waals surface area (Å²) in [6, 6.07) is 16.6. The average molecular weight is 294 g/mol. The lowest BCUT2D eigenvalue weighted by atomic mass is 10.1. The fraction of sp³-hybridized carbons (Fsp3) is 0.222. The monoisotopic (exact) mass is 294 g/mol. The highest BCUT2D eigenvalue weighted by atomic mass is 16.5. The molecule has 2 aromatic rings. The van der Waals surface area contributed by atoms with E-state index in [9.17, 15) is 4.79 Å². The molecule has 4 nitrogen and oxygen atoms in total. The number of nitrogens with zero attached hydrogens (tertiary/aromatic N) is 1. The minimum atomic E-state index is -0.694. The Bertz CT molecular complexity index is 687. The number of para-hydroxylation sites is 1. The van der Waals surface area contributed by atoms with E-state index in [-0.39, 0.29) is 5.91 Å². The lowest BCUT2D eigenvalue weighted by molar-refractivity contribution is -0.122. The molecule has 0 aliphatic heterocycles. The van der Waals surface area contributed by atoms with Gasteiger partial charge >= 0.3 is 0 Å². The molecule has 0 fully saturated rings. The summed E-state index contributed by atoms with van der Waals surface area (Å²) in [6.45, 7) is 3.74. The van der Waals surface area contributed by atoms with Crippen LogP contribution in [0.15, 0.2) is 48.5 Å². The molecule has 0 saturated carbocycles. The SMILES string of the molecule is CCc1ccc(NC(=O)C(C)Oc2ccccc2C#N)cc1. The summed E-state index contributed by atoms with van der Waals surface area (Å²) in [6.07, 6.45) is 0.263. The quantitative estimate of drug-likeness (QED) is 0.917. The summed E-state index contributed by atoms with van der Waals surface area (Å²) in [5.74, 6) is 0.158. The van der Waals surface area contributed by atoms with E-state index >= 15 is 0 Å². The predicted octanol–water partition coefficient (Wildman–Crippen LogP) is 3.53. The lowest BCUT2D eigenvalue weighted by Crippen LogP contribution is -2.30. The standard InChI is InChI=1S/C18H18N2O2/c1-3-14-8-10-16(11-9-14)20-18(21)13(2)22-17-7-5-4-6-15(17)12-19/h4-11,13H,3H2,1-2H3,(H,20,21). The first kappa shape index (κ1) is 15.6. The number of ether oxygens (including phenoxy) is 1. The third-order valence-electron chi connectivity index (χ3n) is 3.31. The van der Waals surface area contributed by atoms with E-state index in [1.165, 1.54) is 5.56 Å². The van der Waals surface area contributed by atoms with Crippen LogP contribution >= 0.6 is 0 Å². The number of aryl methyl sites for hydroxylation is 1. The van der Waals surface area contributed by atoms with Gasteiger partial charge in [-0.1, -0.05) is 31.2 Å². The second-order valence-electron chi connectivity index (χ2n) is 4.91. The zero-order valence-electron chi connectivity index (χ0n) is 12.7. The van der Waals surface area contributed by atoms with E-state index in [1.54, 1.807) is 31.2 Å². The summed E-state index contributed by atoms with van der Waals surface area (Å²) in [5.41, 5.74) is 2.35. The van der Waals surface area contributed by atoms with E-state index in [4.69, 9.17) is 10.00 Å². The molecule has 0 aromatic heterocycles. The van der Waals surface area contributed by atoms with Gasteiger partial charge < -0.3 is 10.1 Å². The second-order valence-corrected chi connectivity index (χ2v) is 4.91. The summed E-state index contributed by atoms with van der Waals surface area (Å²) >= 11 is 0. The molecule has 0 radical (unpaired) electrons. The normalized spacial score (nSPS) is 11.3. The summed E-state index contributed by atoms with van der Waals surface area (Å²) < 4.78 is 5.58. The lowest BCUT2D eigenvalue weighted by Gasteiger charge is -2.15. The highest BCUT2D eigenvalue weighted by Crippen LogP contribution is 2.19. The molecular formula is C18H18N2O2. The molecule has 2 aromatic carbocycles. The summed E-state index contributed by atoms with van der Waals surface area (Å²) in [5, 5.41) is 11.8. The molecule has 1 N–H and O–H groups in total. The van der Waals surface area contributed by atoms with Crippen molar-refractivity contribution in [2.45, 2.75) is 26.4 Å². The van der Waals surface area contributed by atoms with Crippen LogP contribution in [0.4, 0.5) is 5.69 Å². The molecule has 1 atom stereocenters. The Kier molecular flexibility index (Phi) is 5.16. The molecule has 0 aliphatic carbocycles. The van der Waals surface area contributed by atoms with Crippen molar-refractivity contribution in [2.75, 3.05) is 5.32 Å². The largest absolute Gasteiger partial charge is 0.480 e. The van der Waals surface area contributed by atoms with Gasteiger partial charge in [-0.3, -0.25) is 4.79 Å². The summed E-state index contributed by atoms with van der Waals surface area (Å²) in [4.78, 5) is 12.2. The number of hydrogen-bond acceptors (Lipinski definition) is 3. The van der Waals surface area contributed by atoms with Crippen LogP contribution in [-0.2, 0) is 11.2 Å². The van der Waals surface area contributed by atoms with Gasteiger partial charge in [0.25, 0.3) is 5.91 Å². The Morgan fingerprint density at radius 1 is 1.23 bits per heavy atom. The second kappa shape index (κ2) is 7.28. The van der Waals surface area contributed by atoms with Gasteiger partial charge in [0.15, 0.2) is 6.10 Å². The van der Waals surface area contributed by atoms with Gasteiger partial charge in [-0.05, 0) is 43.2 Å². The molecule has 1 unspecified atom stereocenters. The molecule has 0 bridgehead atoms. The van der Waals surface area contributed by atoms with Crippen molar-refractivity contribution in [1.82, 2.24) is 0 Å². The third-order valence-corrected chi connectivity index (χ3v) is 3.31. The number of benzene rings is 2. The average Bonchev–Trinajstić information content (AvgIpc) is 2.56. The molecule has 0 aliphatic rings. The number of nitriles is 1. The van der Waals surface area contributed by atoms with Crippen molar-refractivity contribution < 1.29 is 9.53 Å². The fourth-order valence-electron chi connectivity index (χ4n) is 1.97. The van der Waals surface area contributed by atoms with Crippen molar-refractivity contribution in [3.63, 3.8) is 0 Å². The van der Waals surface area contributed by atoms with Crippen LogP contribution in [0.3, 0.4) is 0 Å². The van der Waals surface area contributed by atoms with E-state index in [0.717, 1.165) is 12.1 Å². The van der Waals surface area contributed by atoms with Gasteiger partial charge in [0, 0.05) is 5.69 Å². The van der Waals surface area contributed by atoms with Crippen LogP contribution in [-0.4, -0.2) is 12.0 Å². The first-order valence-electron chi connectivity index (χ1n) is 7.19. The van der Waals surface area contributed by atoms with Gasteiger partial charge in [-0.15, -0.1) is 0 Å². The smallest absolute Gasteiger partial charge is 0.265 e. The Morgan fingerprint density at radius 2 is 1.91 bits per heavy atom. The number of nitrogens with one attached hydrogen (secondary N) is 1. The highest BCUT2D eigenvalue weighted by Gasteiger charge is 2.16. The first-order valence-corrected chi connectivity index (χ1v) is 7.19. The first-order chi connectivity index (χ1) is 10.6. The van der Waals surface area contributed by atoms with Crippen LogP contribution in [0, 0.1) is 11.3 Å². The molecular weight excluding hydrogens is 276 g/mol. The minimum Gasteiger partial charge on any atom is -0.480 e. The van der Waals surface area contributed by atoms with E-state index in [0.29, 0.717) is 11.3 Å². The number of carbonyl (C=O) groups is 1. The highest BCUT2D eigenvalue weighted by molar-refractivity contribution is 5.94. The maximum Gasteiger partial charge on any atom is 0.265 e. The Balaban J connectivity index is 2.01. The van der Waals surface area contributed by atoms with Crippen LogP contribution in [0.2, 0.25) is 0 Å². The number of carbonyl (C=O) groups excluding carboxylic acids is 1. The van der Waals surface area contributed by atoms with Crippen molar-refractivity contribution in [3.05, 3.63) is 59.7 Å². The molecule has 2 rings (SSSR count). The maximum atomic E-state index is 12.2. The van der Waals surface area contributed by atoms with Gasteiger partial charge in [0.1, 0.15) is 11.8 Å². The molecule has 0 heterocycles. The molecule has 4 heteroatoms. The predicted molar refractivity (Wildman–Crippen MR) is 85.7 cm³/mol. The van der Waals surface area contributed by atoms with Crippen LogP contribution in [0.1, 0.15) is 25.0 Å². The van der Waals surface area contributed by atoms with Crippen molar-refractivity contribution in [3.8, 4) is 11.8 Å². The fourth-order valence-corrected chi connectivity index (χ4v) is 1.97. The molecule has 112 valence electrons. The Labute approximate surface area is 130 Å². The number of anilines is 1. The van der Waals surface area contributed by atoms with Crippen molar-refractivity contribution >= 4 is 11.6 Å². The number of hydrogen-bond donors (Lipinski definition) is 1. The number of rotatable bonds is 5. The van der Waals surface area contributed by atoms with Gasteiger partial charge in [0.05, 0.1) is 5.56 Å².